The molecular formula is C22H25N5O2S. The van der Waals surface area contributed by atoms with Crippen LogP contribution in [0.25, 0.3) is 11.4 Å². The quantitative estimate of drug-likeness (QED) is 0.622. The molecule has 8 heteroatoms. The topological polar surface area (TPSA) is 71.5 Å². The van der Waals surface area contributed by atoms with Crippen LogP contribution >= 0.6 is 11.5 Å². The molecule has 1 aromatic carbocycles. The van der Waals surface area contributed by atoms with E-state index in [9.17, 15) is 4.79 Å². The van der Waals surface area contributed by atoms with Gasteiger partial charge in [-0.3, -0.25) is 4.98 Å². The van der Waals surface area contributed by atoms with Gasteiger partial charge >= 0.3 is 6.09 Å². The Morgan fingerprint density at radius 3 is 2.63 bits per heavy atom. The molecule has 156 valence electrons. The van der Waals surface area contributed by atoms with Crippen molar-refractivity contribution in [1.29, 1.82) is 0 Å². The SMILES string of the molecule is CC(C)(C)OC(=O)N1CCN(c2nc(-c3ccccc3)ns2)[C@@H](c2cccnc2)C1. The van der Waals surface area contributed by atoms with E-state index in [2.05, 4.69) is 14.3 Å². The van der Waals surface area contributed by atoms with E-state index in [4.69, 9.17) is 9.72 Å². The zero-order valence-corrected chi connectivity index (χ0v) is 18.2. The third-order valence-electron chi connectivity index (χ3n) is 4.79. The Morgan fingerprint density at radius 1 is 1.13 bits per heavy atom. The molecule has 1 aliphatic rings. The third-order valence-corrected chi connectivity index (χ3v) is 5.55. The van der Waals surface area contributed by atoms with Crippen LogP contribution in [0.5, 0.6) is 0 Å². The number of hydrogen-bond donors (Lipinski definition) is 0. The highest BCUT2D eigenvalue weighted by atomic mass is 32.1. The Labute approximate surface area is 180 Å². The van der Waals surface area contributed by atoms with Gasteiger partial charge in [0.05, 0.1) is 6.04 Å². The maximum atomic E-state index is 12.7. The predicted octanol–water partition coefficient (Wildman–Crippen LogP) is 4.40. The average Bonchev–Trinajstić information content (AvgIpc) is 3.23. The molecule has 30 heavy (non-hydrogen) atoms. The second kappa shape index (κ2) is 8.39. The van der Waals surface area contributed by atoms with Crippen LogP contribution in [0.4, 0.5) is 9.93 Å². The first-order valence-corrected chi connectivity index (χ1v) is 10.7. The summed E-state index contributed by atoms with van der Waals surface area (Å²) < 4.78 is 10.2. The van der Waals surface area contributed by atoms with E-state index < -0.39 is 5.60 Å². The number of nitrogens with zero attached hydrogens (tertiary/aromatic N) is 5. The lowest BCUT2D eigenvalue weighted by Gasteiger charge is -2.41. The molecule has 0 N–H and O–H groups in total. The molecule has 0 unspecified atom stereocenters. The summed E-state index contributed by atoms with van der Waals surface area (Å²) in [5.74, 6) is 0.718. The molecule has 3 aromatic rings. The largest absolute Gasteiger partial charge is 0.444 e. The summed E-state index contributed by atoms with van der Waals surface area (Å²) in [6, 6.07) is 13.8. The fourth-order valence-electron chi connectivity index (χ4n) is 3.40. The Bertz CT molecular complexity index is 988. The molecule has 1 saturated heterocycles. The smallest absolute Gasteiger partial charge is 0.410 e. The predicted molar refractivity (Wildman–Crippen MR) is 117 cm³/mol. The van der Waals surface area contributed by atoms with E-state index in [0.717, 1.165) is 22.1 Å². The Morgan fingerprint density at radius 2 is 1.93 bits per heavy atom. The van der Waals surface area contributed by atoms with Crippen molar-refractivity contribution in [3.63, 3.8) is 0 Å². The van der Waals surface area contributed by atoms with Crippen LogP contribution in [-0.2, 0) is 4.74 Å². The van der Waals surface area contributed by atoms with E-state index in [1.165, 1.54) is 11.5 Å². The highest BCUT2D eigenvalue weighted by Gasteiger charge is 2.34. The monoisotopic (exact) mass is 423 g/mol. The van der Waals surface area contributed by atoms with E-state index >= 15 is 0 Å². The maximum Gasteiger partial charge on any atom is 0.410 e. The third kappa shape index (κ3) is 4.59. The van der Waals surface area contributed by atoms with Gasteiger partial charge in [-0.25, -0.2) is 4.79 Å². The molecule has 3 heterocycles. The fourth-order valence-corrected chi connectivity index (χ4v) is 4.16. The first kappa shape index (κ1) is 20.3. The van der Waals surface area contributed by atoms with Gasteiger partial charge in [0.2, 0.25) is 5.13 Å². The van der Waals surface area contributed by atoms with Gasteiger partial charge in [-0.2, -0.15) is 9.36 Å². The van der Waals surface area contributed by atoms with Gasteiger partial charge in [0, 0.05) is 49.1 Å². The van der Waals surface area contributed by atoms with E-state index in [-0.39, 0.29) is 12.1 Å². The minimum atomic E-state index is -0.526. The zero-order valence-electron chi connectivity index (χ0n) is 17.4. The summed E-state index contributed by atoms with van der Waals surface area (Å²) in [5.41, 5.74) is 1.49. The van der Waals surface area contributed by atoms with E-state index in [0.29, 0.717) is 19.6 Å². The number of ether oxygens (including phenoxy) is 1. The molecule has 1 amide bonds. The van der Waals surface area contributed by atoms with Crippen LogP contribution in [0.3, 0.4) is 0 Å². The van der Waals surface area contributed by atoms with Crippen molar-refractivity contribution in [2.24, 2.45) is 0 Å². The normalized spacial score (nSPS) is 17.1. The summed E-state index contributed by atoms with van der Waals surface area (Å²) >= 11 is 1.38. The van der Waals surface area contributed by atoms with Gasteiger partial charge in [0.1, 0.15) is 5.60 Å². The highest BCUT2D eigenvalue weighted by Crippen LogP contribution is 2.33. The molecule has 7 nitrogen and oxygen atoms in total. The van der Waals surface area contributed by atoms with Crippen LogP contribution in [0.15, 0.2) is 54.9 Å². The second-order valence-electron chi connectivity index (χ2n) is 8.19. The maximum absolute atomic E-state index is 12.7. The Balaban J connectivity index is 1.60. The van der Waals surface area contributed by atoms with Crippen molar-refractivity contribution in [3.8, 4) is 11.4 Å². The summed E-state index contributed by atoms with van der Waals surface area (Å²) in [7, 11) is 0. The van der Waals surface area contributed by atoms with Gasteiger partial charge in [-0.05, 0) is 32.4 Å². The van der Waals surface area contributed by atoms with E-state index in [1.54, 1.807) is 11.1 Å². The number of aromatic nitrogens is 3. The molecule has 1 fully saturated rings. The molecule has 0 saturated carbocycles. The first-order chi connectivity index (χ1) is 14.4. The van der Waals surface area contributed by atoms with E-state index in [1.807, 2.05) is 69.4 Å². The van der Waals surface area contributed by atoms with Crippen molar-refractivity contribution in [1.82, 2.24) is 19.2 Å². The van der Waals surface area contributed by atoms with Gasteiger partial charge in [-0.1, -0.05) is 36.4 Å². The second-order valence-corrected chi connectivity index (χ2v) is 8.92. The van der Waals surface area contributed by atoms with Gasteiger partial charge in [-0.15, -0.1) is 0 Å². The minimum absolute atomic E-state index is 0.0726. The first-order valence-electron chi connectivity index (χ1n) is 9.94. The number of pyridine rings is 1. The average molecular weight is 424 g/mol. The highest BCUT2D eigenvalue weighted by molar-refractivity contribution is 7.09. The number of anilines is 1. The summed E-state index contributed by atoms with van der Waals surface area (Å²) in [6.45, 7) is 7.35. The number of carbonyl (C=O) groups excluding carboxylic acids is 1. The van der Waals surface area contributed by atoms with Crippen LogP contribution < -0.4 is 4.90 Å². The number of piperazine rings is 1. The van der Waals surface area contributed by atoms with Crippen LogP contribution in [0.2, 0.25) is 0 Å². The molecule has 0 spiro atoms. The van der Waals surface area contributed by atoms with Gasteiger partial charge in [0.25, 0.3) is 0 Å². The standard InChI is InChI=1S/C22H25N5O2S/c1-22(2,3)29-21(28)26-12-13-27(18(15-26)17-10-7-11-23-14-17)20-24-19(25-30-20)16-8-5-4-6-9-16/h4-11,14,18H,12-13,15H2,1-3H3/t18-/m1/s1. The molecule has 0 aliphatic carbocycles. The van der Waals surface area contributed by atoms with Crippen molar-refractivity contribution < 1.29 is 9.53 Å². The summed E-state index contributed by atoms with van der Waals surface area (Å²) in [4.78, 5) is 25.7. The molecular weight excluding hydrogens is 398 g/mol. The molecule has 0 radical (unpaired) electrons. The van der Waals surface area contributed by atoms with Crippen molar-refractivity contribution >= 4 is 22.8 Å². The lowest BCUT2D eigenvalue weighted by Crippen LogP contribution is -2.51. The number of carbonyl (C=O) groups is 1. The van der Waals surface area contributed by atoms with Gasteiger partial charge in [0.15, 0.2) is 5.82 Å². The lowest BCUT2D eigenvalue weighted by molar-refractivity contribution is 0.0214. The Hall–Kier alpha value is -3.00. The molecule has 2 aromatic heterocycles. The zero-order chi connectivity index (χ0) is 21.1. The molecule has 1 aliphatic heterocycles. The number of benzene rings is 1. The summed E-state index contributed by atoms with van der Waals surface area (Å²) in [5, 5.41) is 0.839. The van der Waals surface area contributed by atoms with Crippen molar-refractivity contribution in [2.75, 3.05) is 24.5 Å². The van der Waals surface area contributed by atoms with Crippen molar-refractivity contribution in [2.45, 2.75) is 32.4 Å². The number of rotatable bonds is 3. The number of hydrogen-bond acceptors (Lipinski definition) is 7. The Kier molecular flexibility index (Phi) is 5.67. The van der Waals surface area contributed by atoms with Crippen molar-refractivity contribution in [3.05, 3.63) is 60.4 Å². The lowest BCUT2D eigenvalue weighted by atomic mass is 10.1. The van der Waals surface area contributed by atoms with Gasteiger partial charge < -0.3 is 14.5 Å². The fraction of sp³-hybridized carbons (Fsp3) is 0.364. The van der Waals surface area contributed by atoms with Crippen LogP contribution in [0.1, 0.15) is 32.4 Å². The number of amides is 1. The van der Waals surface area contributed by atoms with Crippen LogP contribution in [-0.4, -0.2) is 50.6 Å². The molecule has 4 rings (SSSR count). The minimum Gasteiger partial charge on any atom is -0.444 e. The summed E-state index contributed by atoms with van der Waals surface area (Å²) in [6.07, 6.45) is 3.30. The molecule has 0 bridgehead atoms. The van der Waals surface area contributed by atoms with Crippen LogP contribution in [0, 0.1) is 0 Å². The molecule has 1 atom stereocenters.